The molecule has 31 heavy (non-hydrogen) atoms. The van der Waals surface area contributed by atoms with Crippen molar-refractivity contribution in [2.24, 2.45) is 0 Å². The topological polar surface area (TPSA) is 99.8 Å². The monoisotopic (exact) mass is 439 g/mol. The number of amides is 1. The molecule has 0 fully saturated rings. The molecule has 0 spiro atoms. The first-order valence-corrected chi connectivity index (χ1v) is 11.0. The van der Waals surface area contributed by atoms with Gasteiger partial charge in [0.15, 0.2) is 11.5 Å². The predicted molar refractivity (Wildman–Crippen MR) is 116 cm³/mol. The molecule has 0 unspecified atom stereocenters. The molecule has 160 valence electrons. The number of fused-ring (bicyclic) bond motifs is 4. The van der Waals surface area contributed by atoms with E-state index in [4.69, 9.17) is 9.47 Å². The van der Waals surface area contributed by atoms with Gasteiger partial charge in [0.2, 0.25) is 18.5 Å². The molecule has 5 rings (SSSR count). The summed E-state index contributed by atoms with van der Waals surface area (Å²) >= 11 is 1.41. The maximum atomic E-state index is 12.8. The van der Waals surface area contributed by atoms with Gasteiger partial charge in [-0.25, -0.2) is 0 Å². The Kier molecular flexibility index (Phi) is 5.06. The summed E-state index contributed by atoms with van der Waals surface area (Å²) in [6.45, 7) is 3.22. The van der Waals surface area contributed by atoms with Gasteiger partial charge in [-0.3, -0.25) is 18.6 Å². The van der Waals surface area contributed by atoms with Gasteiger partial charge in [0.1, 0.15) is 10.5 Å². The normalized spacial score (nSPS) is 12.7. The van der Waals surface area contributed by atoms with Gasteiger partial charge in [-0.15, -0.1) is 21.5 Å². The van der Waals surface area contributed by atoms with Crippen molar-refractivity contribution in [2.45, 2.75) is 39.3 Å². The van der Waals surface area contributed by atoms with Crippen LogP contribution in [-0.2, 0) is 24.3 Å². The van der Waals surface area contributed by atoms with E-state index in [9.17, 15) is 9.59 Å². The molecule has 4 heterocycles. The standard InChI is InChI=1S/C21H21N5O4S/c1-2-8-25-20(28)19-14(7-9-31-19)26-17(23-24-21(25)26)5-6-18(27)22-11-13-3-4-15-16(10-13)30-12-29-15/h3-4,7,9-10H,2,5-6,8,11-12H2,1H3,(H,22,27). The molecule has 4 aromatic rings. The number of ether oxygens (including phenoxy) is 2. The Balaban J connectivity index is 1.32. The van der Waals surface area contributed by atoms with Gasteiger partial charge in [0.05, 0.1) is 5.52 Å². The number of hydrogen-bond donors (Lipinski definition) is 1. The molecule has 0 atom stereocenters. The van der Waals surface area contributed by atoms with Crippen molar-refractivity contribution >= 4 is 33.2 Å². The van der Waals surface area contributed by atoms with Crippen molar-refractivity contribution in [2.75, 3.05) is 6.79 Å². The second kappa shape index (κ2) is 8.03. The third-order valence-corrected chi connectivity index (χ3v) is 6.12. The van der Waals surface area contributed by atoms with Gasteiger partial charge >= 0.3 is 0 Å². The molecule has 0 bridgehead atoms. The highest BCUT2D eigenvalue weighted by Crippen LogP contribution is 2.32. The summed E-state index contributed by atoms with van der Waals surface area (Å²) in [6.07, 6.45) is 1.50. The number of nitrogens with one attached hydrogen (secondary N) is 1. The van der Waals surface area contributed by atoms with Gasteiger partial charge in [-0.1, -0.05) is 13.0 Å². The zero-order valence-electron chi connectivity index (χ0n) is 17.0. The summed E-state index contributed by atoms with van der Waals surface area (Å²) < 4.78 is 14.9. The van der Waals surface area contributed by atoms with Crippen LogP contribution in [0.4, 0.5) is 0 Å². The average molecular weight is 439 g/mol. The van der Waals surface area contributed by atoms with Crippen molar-refractivity contribution in [1.29, 1.82) is 0 Å². The van der Waals surface area contributed by atoms with Crippen LogP contribution >= 0.6 is 11.3 Å². The number of carbonyl (C=O) groups is 1. The number of benzene rings is 1. The zero-order valence-corrected chi connectivity index (χ0v) is 17.8. The largest absolute Gasteiger partial charge is 0.454 e. The predicted octanol–water partition coefficient (Wildman–Crippen LogP) is 2.49. The Morgan fingerprint density at radius 1 is 1.23 bits per heavy atom. The van der Waals surface area contributed by atoms with Gasteiger partial charge in [0, 0.05) is 25.9 Å². The molecule has 3 aromatic heterocycles. The van der Waals surface area contributed by atoms with E-state index in [1.54, 1.807) is 4.57 Å². The molecule has 1 amide bonds. The number of carbonyl (C=O) groups excluding carboxylic acids is 1. The Morgan fingerprint density at radius 3 is 2.97 bits per heavy atom. The summed E-state index contributed by atoms with van der Waals surface area (Å²) in [5, 5.41) is 13.4. The molecule has 10 heteroatoms. The zero-order chi connectivity index (χ0) is 21.4. The minimum Gasteiger partial charge on any atom is -0.454 e. The molecule has 1 aliphatic rings. The number of rotatable bonds is 7. The van der Waals surface area contributed by atoms with Crippen molar-refractivity contribution in [1.82, 2.24) is 24.5 Å². The van der Waals surface area contributed by atoms with Gasteiger partial charge in [0.25, 0.3) is 5.56 Å². The van der Waals surface area contributed by atoms with E-state index < -0.39 is 0 Å². The van der Waals surface area contributed by atoms with Crippen LogP contribution in [0.15, 0.2) is 34.4 Å². The lowest BCUT2D eigenvalue weighted by atomic mass is 10.2. The van der Waals surface area contributed by atoms with Crippen molar-refractivity contribution in [3.8, 4) is 11.5 Å². The first kappa shape index (κ1) is 19.6. The van der Waals surface area contributed by atoms with E-state index in [1.165, 1.54) is 11.3 Å². The maximum absolute atomic E-state index is 12.8. The van der Waals surface area contributed by atoms with Crippen LogP contribution in [0.1, 0.15) is 31.2 Å². The minimum atomic E-state index is -0.0853. The molecule has 0 saturated carbocycles. The van der Waals surface area contributed by atoms with Crippen molar-refractivity contribution in [3.05, 3.63) is 51.4 Å². The molecule has 0 aliphatic carbocycles. The van der Waals surface area contributed by atoms with Crippen LogP contribution in [-0.4, -0.2) is 31.9 Å². The molecular weight excluding hydrogens is 418 g/mol. The Hall–Kier alpha value is -3.40. The Bertz CT molecular complexity index is 1340. The van der Waals surface area contributed by atoms with Crippen LogP contribution in [0.5, 0.6) is 11.5 Å². The molecule has 9 nitrogen and oxygen atoms in total. The highest BCUT2D eigenvalue weighted by molar-refractivity contribution is 7.17. The van der Waals surface area contributed by atoms with E-state index in [2.05, 4.69) is 15.5 Å². The fourth-order valence-corrected chi connectivity index (χ4v) is 4.56. The molecule has 1 aromatic carbocycles. The van der Waals surface area contributed by atoms with E-state index in [-0.39, 0.29) is 24.7 Å². The van der Waals surface area contributed by atoms with Crippen LogP contribution in [0.2, 0.25) is 0 Å². The molecular formula is C21H21N5O4S. The third-order valence-electron chi connectivity index (χ3n) is 5.23. The molecule has 1 aliphatic heterocycles. The van der Waals surface area contributed by atoms with Crippen LogP contribution in [0.3, 0.4) is 0 Å². The fourth-order valence-electron chi connectivity index (χ4n) is 3.73. The van der Waals surface area contributed by atoms with E-state index in [1.807, 2.05) is 41.0 Å². The number of aryl methyl sites for hydroxylation is 2. The van der Waals surface area contributed by atoms with E-state index in [0.29, 0.717) is 41.6 Å². The quantitative estimate of drug-likeness (QED) is 0.475. The number of aromatic nitrogens is 4. The Labute approximate surface area is 181 Å². The highest BCUT2D eigenvalue weighted by Gasteiger charge is 2.18. The first-order chi connectivity index (χ1) is 15.2. The summed E-state index contributed by atoms with van der Waals surface area (Å²) in [5.74, 6) is 2.52. The van der Waals surface area contributed by atoms with Crippen LogP contribution in [0, 0.1) is 0 Å². The van der Waals surface area contributed by atoms with Gasteiger partial charge in [-0.2, -0.15) is 0 Å². The van der Waals surface area contributed by atoms with Crippen molar-refractivity contribution < 1.29 is 14.3 Å². The van der Waals surface area contributed by atoms with E-state index in [0.717, 1.165) is 23.3 Å². The summed E-state index contributed by atoms with van der Waals surface area (Å²) in [4.78, 5) is 25.2. The Morgan fingerprint density at radius 2 is 2.10 bits per heavy atom. The lowest BCUT2D eigenvalue weighted by Crippen LogP contribution is -2.24. The first-order valence-electron chi connectivity index (χ1n) is 10.1. The minimum absolute atomic E-state index is 0.0419. The molecule has 0 radical (unpaired) electrons. The summed E-state index contributed by atoms with van der Waals surface area (Å²) in [6, 6.07) is 7.51. The van der Waals surface area contributed by atoms with Crippen LogP contribution in [0.25, 0.3) is 16.0 Å². The fraction of sp³-hybridized carbons (Fsp3) is 0.333. The molecule has 0 saturated heterocycles. The third kappa shape index (κ3) is 3.52. The number of nitrogens with zero attached hydrogens (tertiary/aromatic N) is 4. The lowest BCUT2D eigenvalue weighted by Gasteiger charge is -2.08. The second-order valence-corrected chi connectivity index (χ2v) is 8.22. The number of thiophene rings is 1. The maximum Gasteiger partial charge on any atom is 0.272 e. The smallest absolute Gasteiger partial charge is 0.272 e. The number of hydrogen-bond acceptors (Lipinski definition) is 7. The molecule has 1 N–H and O–H groups in total. The van der Waals surface area contributed by atoms with Crippen molar-refractivity contribution in [3.63, 3.8) is 0 Å². The SMILES string of the molecule is CCCn1c(=O)c2sccc2n2c(CCC(=O)NCc3ccc4c(c3)OCO4)nnc12. The lowest BCUT2D eigenvalue weighted by molar-refractivity contribution is -0.121. The van der Waals surface area contributed by atoms with Gasteiger partial charge < -0.3 is 14.8 Å². The summed E-state index contributed by atoms with van der Waals surface area (Å²) in [7, 11) is 0. The van der Waals surface area contributed by atoms with Crippen LogP contribution < -0.4 is 20.3 Å². The summed E-state index contributed by atoms with van der Waals surface area (Å²) in [5.41, 5.74) is 1.69. The highest BCUT2D eigenvalue weighted by atomic mass is 32.1. The van der Waals surface area contributed by atoms with E-state index >= 15 is 0 Å². The van der Waals surface area contributed by atoms with Gasteiger partial charge in [-0.05, 0) is 35.6 Å². The average Bonchev–Trinajstić information content (AvgIpc) is 3.52. The second-order valence-electron chi connectivity index (χ2n) is 7.31.